The molecule has 2 unspecified atom stereocenters. The highest BCUT2D eigenvalue weighted by Gasteiger charge is 2.65. The van der Waals surface area contributed by atoms with Crippen LogP contribution in [0.1, 0.15) is 52.7 Å². The normalized spacial score (nSPS) is 25.2. The van der Waals surface area contributed by atoms with Gasteiger partial charge in [0.05, 0.1) is 19.8 Å². The van der Waals surface area contributed by atoms with E-state index in [0.29, 0.717) is 19.8 Å². The van der Waals surface area contributed by atoms with E-state index in [0.717, 1.165) is 16.0 Å². The molecule has 0 spiro atoms. The highest BCUT2D eigenvalue weighted by atomic mass is 32.2. The van der Waals surface area contributed by atoms with Gasteiger partial charge in [0.25, 0.3) is 0 Å². The van der Waals surface area contributed by atoms with Gasteiger partial charge in [-0.1, -0.05) is 138 Å². The summed E-state index contributed by atoms with van der Waals surface area (Å²) in [6.45, 7) is 14.8. The SMILES string of the molecule is CC(C)(C)[Si]1(C(C)(C)C)OCC2O[C@@H](Sc3ccccc3)C(OCc3ccccc3)[C@@H](OCc3ccc4ccccc4c3)[C@H]2O1. The third kappa shape index (κ3) is 6.96. The van der Waals surface area contributed by atoms with E-state index in [9.17, 15) is 0 Å². The van der Waals surface area contributed by atoms with Crippen molar-refractivity contribution in [1.29, 1.82) is 0 Å². The van der Waals surface area contributed by atoms with Crippen LogP contribution in [0.15, 0.2) is 108 Å². The van der Waals surface area contributed by atoms with E-state index in [4.69, 9.17) is 23.1 Å². The first-order chi connectivity index (χ1) is 21.5. The Morgan fingerprint density at radius 3 is 1.98 bits per heavy atom. The first-order valence-electron chi connectivity index (χ1n) is 16.0. The fourth-order valence-electron chi connectivity index (χ4n) is 6.87. The molecule has 0 radical (unpaired) electrons. The summed E-state index contributed by atoms with van der Waals surface area (Å²) in [6.07, 6.45) is -1.38. The molecule has 4 aromatic carbocycles. The number of benzene rings is 4. The van der Waals surface area contributed by atoms with Crippen LogP contribution >= 0.6 is 11.8 Å². The molecule has 2 aliphatic rings. The zero-order valence-electron chi connectivity index (χ0n) is 27.3. The van der Waals surface area contributed by atoms with Crippen molar-refractivity contribution < 1.29 is 23.1 Å². The quantitative estimate of drug-likeness (QED) is 0.179. The predicted molar refractivity (Wildman–Crippen MR) is 185 cm³/mol. The Balaban J connectivity index is 1.37. The molecular weight excluding hydrogens is 597 g/mol. The van der Waals surface area contributed by atoms with Crippen molar-refractivity contribution in [3.8, 4) is 0 Å². The van der Waals surface area contributed by atoms with Gasteiger partial charge in [0.2, 0.25) is 0 Å². The molecule has 0 saturated carbocycles. The number of ether oxygens (including phenoxy) is 3. The zero-order valence-corrected chi connectivity index (χ0v) is 29.1. The van der Waals surface area contributed by atoms with Gasteiger partial charge in [-0.15, -0.1) is 0 Å². The molecule has 238 valence electrons. The summed E-state index contributed by atoms with van der Waals surface area (Å²) >= 11 is 1.67. The van der Waals surface area contributed by atoms with Crippen molar-refractivity contribution in [3.63, 3.8) is 0 Å². The number of hydrogen-bond donors (Lipinski definition) is 0. The third-order valence-electron chi connectivity index (χ3n) is 8.86. The van der Waals surface area contributed by atoms with Crippen LogP contribution in [-0.4, -0.2) is 45.0 Å². The maximum Gasteiger partial charge on any atom is 0.349 e. The smallest absolute Gasteiger partial charge is 0.349 e. The average Bonchev–Trinajstić information content (AvgIpc) is 3.02. The number of hydrogen-bond acceptors (Lipinski definition) is 6. The minimum Gasteiger partial charge on any atom is -0.391 e. The number of fused-ring (bicyclic) bond motifs is 2. The van der Waals surface area contributed by atoms with Gasteiger partial charge in [-0.05, 0) is 40.1 Å². The Kier molecular flexibility index (Phi) is 9.60. The Labute approximate surface area is 273 Å². The number of rotatable bonds is 8. The van der Waals surface area contributed by atoms with Gasteiger partial charge < -0.3 is 23.1 Å². The summed E-state index contributed by atoms with van der Waals surface area (Å²) in [7, 11) is -2.82. The fraction of sp³-hybridized carbons (Fsp3) is 0.421. The highest BCUT2D eigenvalue weighted by molar-refractivity contribution is 7.99. The van der Waals surface area contributed by atoms with Crippen LogP contribution in [0.4, 0.5) is 0 Å². The van der Waals surface area contributed by atoms with E-state index in [1.165, 1.54) is 10.8 Å². The second-order valence-electron chi connectivity index (χ2n) is 14.2. The summed E-state index contributed by atoms with van der Waals surface area (Å²) in [5.41, 5.74) is 1.91. The van der Waals surface area contributed by atoms with Gasteiger partial charge in [-0.25, -0.2) is 0 Å². The lowest BCUT2D eigenvalue weighted by molar-refractivity contribution is -0.250. The summed E-state index contributed by atoms with van der Waals surface area (Å²) in [5, 5.41) is 2.08. The van der Waals surface area contributed by atoms with Crippen LogP contribution in [0.25, 0.3) is 10.8 Å². The van der Waals surface area contributed by atoms with E-state index in [-0.39, 0.29) is 39.9 Å². The summed E-state index contributed by atoms with van der Waals surface area (Å²) in [6, 6.07) is 35.7. The minimum absolute atomic E-state index is 0.171. The second-order valence-corrected chi connectivity index (χ2v) is 20.1. The summed E-state index contributed by atoms with van der Waals surface area (Å²) in [4.78, 5) is 1.12. The van der Waals surface area contributed by atoms with Crippen molar-refractivity contribution in [2.24, 2.45) is 0 Å². The van der Waals surface area contributed by atoms with Crippen molar-refractivity contribution in [2.45, 2.75) is 99.6 Å². The van der Waals surface area contributed by atoms with Crippen molar-refractivity contribution in [3.05, 3.63) is 114 Å². The standard InChI is InChI=1S/C38H46O5SSi/c1-37(2,3)45(38(4,5)6)41-26-32-33(43-45)34(39-25-28-21-22-29-17-13-14-18-30(29)23-28)35(40-24-27-15-9-7-10-16-27)36(42-32)44-31-19-11-8-12-20-31/h7-23,32-36H,24-26H2,1-6H3/t32?,33-,34-,35?,36-/m0/s1. The third-order valence-corrected chi connectivity index (χ3v) is 15.1. The van der Waals surface area contributed by atoms with Crippen LogP contribution in [0, 0.1) is 0 Å². The molecule has 45 heavy (non-hydrogen) atoms. The zero-order chi connectivity index (χ0) is 31.7. The van der Waals surface area contributed by atoms with E-state index in [1.807, 2.05) is 24.3 Å². The van der Waals surface area contributed by atoms with Crippen LogP contribution in [0.3, 0.4) is 0 Å². The first kappa shape index (κ1) is 32.4. The topological polar surface area (TPSA) is 46.2 Å². The number of thioether (sulfide) groups is 1. The van der Waals surface area contributed by atoms with Crippen LogP contribution < -0.4 is 0 Å². The second kappa shape index (κ2) is 13.3. The van der Waals surface area contributed by atoms with Gasteiger partial charge in [0, 0.05) is 15.0 Å². The van der Waals surface area contributed by atoms with Gasteiger partial charge in [-0.2, -0.15) is 0 Å². The van der Waals surface area contributed by atoms with Crippen LogP contribution in [-0.2, 0) is 36.3 Å². The molecule has 4 aromatic rings. The minimum atomic E-state index is -2.82. The molecule has 2 fully saturated rings. The van der Waals surface area contributed by atoms with Crippen LogP contribution in [0.5, 0.6) is 0 Å². The monoisotopic (exact) mass is 642 g/mol. The fourth-order valence-corrected chi connectivity index (χ4v) is 13.0. The maximum absolute atomic E-state index is 7.34. The molecule has 2 saturated heterocycles. The largest absolute Gasteiger partial charge is 0.391 e. The molecule has 5 atom stereocenters. The van der Waals surface area contributed by atoms with Crippen molar-refractivity contribution in [2.75, 3.05) is 6.61 Å². The molecular formula is C38H46O5SSi. The van der Waals surface area contributed by atoms with Gasteiger partial charge in [0.1, 0.15) is 29.9 Å². The van der Waals surface area contributed by atoms with E-state index in [2.05, 4.69) is 120 Å². The Bertz CT molecular complexity index is 1540. The Hall–Kier alpha value is -2.49. The average molecular weight is 643 g/mol. The van der Waals surface area contributed by atoms with Gasteiger partial charge >= 0.3 is 8.56 Å². The Morgan fingerprint density at radius 1 is 0.689 bits per heavy atom. The first-order valence-corrected chi connectivity index (χ1v) is 18.7. The lowest BCUT2D eigenvalue weighted by Crippen LogP contribution is -2.71. The lowest BCUT2D eigenvalue weighted by Gasteiger charge is -2.58. The van der Waals surface area contributed by atoms with Crippen molar-refractivity contribution >= 4 is 31.1 Å². The van der Waals surface area contributed by atoms with Crippen molar-refractivity contribution in [1.82, 2.24) is 0 Å². The van der Waals surface area contributed by atoms with E-state index in [1.54, 1.807) is 11.8 Å². The highest BCUT2D eigenvalue weighted by Crippen LogP contribution is 2.55. The molecule has 2 heterocycles. The molecule has 0 aromatic heterocycles. The lowest BCUT2D eigenvalue weighted by atomic mass is 9.99. The molecule has 6 rings (SSSR count). The predicted octanol–water partition coefficient (Wildman–Crippen LogP) is 9.29. The van der Waals surface area contributed by atoms with Gasteiger partial charge in [-0.3, -0.25) is 0 Å². The molecule has 0 bridgehead atoms. The van der Waals surface area contributed by atoms with Gasteiger partial charge in [0.15, 0.2) is 0 Å². The summed E-state index contributed by atoms with van der Waals surface area (Å²) < 4.78 is 34.9. The van der Waals surface area contributed by atoms with E-state index >= 15 is 0 Å². The Morgan fingerprint density at radius 2 is 1.29 bits per heavy atom. The molecule has 0 amide bonds. The van der Waals surface area contributed by atoms with E-state index < -0.39 is 8.56 Å². The molecule has 0 N–H and O–H groups in total. The maximum atomic E-state index is 7.34. The summed E-state index contributed by atoms with van der Waals surface area (Å²) in [5.74, 6) is 0. The molecule has 7 heteroatoms. The molecule has 5 nitrogen and oxygen atoms in total. The van der Waals surface area contributed by atoms with Crippen LogP contribution in [0.2, 0.25) is 10.1 Å². The molecule has 0 aliphatic carbocycles. The molecule has 2 aliphatic heterocycles.